The Bertz CT molecular complexity index is 757. The number of carbonyl (C=O) groups is 2. The normalized spacial score (nSPS) is 17.3. The molecule has 1 fully saturated rings. The van der Waals surface area contributed by atoms with Gasteiger partial charge in [-0.1, -0.05) is 18.2 Å². The molecular formula is C18H21N3O4. The van der Waals surface area contributed by atoms with E-state index < -0.39 is 11.9 Å². The van der Waals surface area contributed by atoms with Gasteiger partial charge in [0, 0.05) is 13.1 Å². The van der Waals surface area contributed by atoms with Crippen LogP contribution >= 0.6 is 0 Å². The molecule has 1 N–H and O–H groups in total. The van der Waals surface area contributed by atoms with Gasteiger partial charge in [0.2, 0.25) is 0 Å². The summed E-state index contributed by atoms with van der Waals surface area (Å²) in [5.41, 5.74) is 1.04. The van der Waals surface area contributed by atoms with Crippen molar-refractivity contribution in [2.75, 3.05) is 19.7 Å². The Balaban J connectivity index is 1.88. The highest BCUT2D eigenvalue weighted by atomic mass is 16.5. The molecule has 132 valence electrons. The van der Waals surface area contributed by atoms with E-state index in [-0.39, 0.29) is 18.1 Å². The van der Waals surface area contributed by atoms with Gasteiger partial charge in [-0.25, -0.2) is 4.68 Å². The largest absolute Gasteiger partial charge is 0.490 e. The highest BCUT2D eigenvalue weighted by Gasteiger charge is 2.31. The lowest BCUT2D eigenvalue weighted by atomic mass is 9.98. The number of benzene rings is 1. The summed E-state index contributed by atoms with van der Waals surface area (Å²) in [6, 6.07) is 9.46. The van der Waals surface area contributed by atoms with Crippen molar-refractivity contribution in [2.24, 2.45) is 5.92 Å². The molecule has 0 aliphatic carbocycles. The Morgan fingerprint density at radius 3 is 2.76 bits per heavy atom. The van der Waals surface area contributed by atoms with Crippen molar-refractivity contribution in [1.29, 1.82) is 0 Å². The average molecular weight is 343 g/mol. The molecule has 1 aromatic heterocycles. The van der Waals surface area contributed by atoms with Gasteiger partial charge in [-0.05, 0) is 31.9 Å². The number of amides is 1. The van der Waals surface area contributed by atoms with Crippen LogP contribution in [0.5, 0.6) is 5.75 Å². The van der Waals surface area contributed by atoms with Crippen LogP contribution in [-0.4, -0.2) is 51.4 Å². The molecule has 3 rings (SSSR count). The van der Waals surface area contributed by atoms with Gasteiger partial charge in [0.15, 0.2) is 11.4 Å². The molecule has 0 saturated carbocycles. The fourth-order valence-corrected chi connectivity index (χ4v) is 2.99. The maximum atomic E-state index is 12.9. The van der Waals surface area contributed by atoms with Gasteiger partial charge in [-0.15, -0.1) is 0 Å². The number of carboxylic acids is 1. The van der Waals surface area contributed by atoms with E-state index in [1.54, 1.807) is 15.8 Å². The Hall–Kier alpha value is -2.83. The van der Waals surface area contributed by atoms with Gasteiger partial charge in [0.1, 0.15) is 0 Å². The number of hydrogen-bond acceptors (Lipinski definition) is 4. The summed E-state index contributed by atoms with van der Waals surface area (Å²) in [5, 5.41) is 13.6. The quantitative estimate of drug-likeness (QED) is 0.900. The van der Waals surface area contributed by atoms with Crippen LogP contribution in [0.15, 0.2) is 36.5 Å². The van der Waals surface area contributed by atoms with E-state index in [1.807, 2.05) is 37.3 Å². The Morgan fingerprint density at radius 1 is 1.32 bits per heavy atom. The van der Waals surface area contributed by atoms with Crippen molar-refractivity contribution in [3.8, 4) is 11.4 Å². The van der Waals surface area contributed by atoms with Crippen LogP contribution in [0.25, 0.3) is 5.69 Å². The number of aliphatic carboxylic acids is 1. The first-order valence-corrected chi connectivity index (χ1v) is 8.40. The molecule has 7 nitrogen and oxygen atoms in total. The fraction of sp³-hybridized carbons (Fsp3) is 0.389. The second kappa shape index (κ2) is 7.38. The maximum absolute atomic E-state index is 12.9. The molecule has 1 amide bonds. The predicted molar refractivity (Wildman–Crippen MR) is 91.0 cm³/mol. The van der Waals surface area contributed by atoms with E-state index in [4.69, 9.17) is 4.74 Å². The molecular weight excluding hydrogens is 322 g/mol. The van der Waals surface area contributed by atoms with E-state index in [2.05, 4.69) is 5.10 Å². The molecule has 0 spiro atoms. The molecule has 1 saturated heterocycles. The zero-order chi connectivity index (χ0) is 17.8. The molecule has 1 aromatic carbocycles. The Labute approximate surface area is 145 Å². The monoisotopic (exact) mass is 343 g/mol. The number of nitrogens with zero attached hydrogens (tertiary/aromatic N) is 3. The molecule has 0 radical (unpaired) electrons. The summed E-state index contributed by atoms with van der Waals surface area (Å²) in [5.74, 6) is -1.26. The van der Waals surface area contributed by atoms with Crippen molar-refractivity contribution < 1.29 is 19.4 Å². The van der Waals surface area contributed by atoms with E-state index in [1.165, 1.54) is 0 Å². The second-order valence-corrected chi connectivity index (χ2v) is 5.98. The predicted octanol–water partition coefficient (Wildman–Crippen LogP) is 2.21. The zero-order valence-corrected chi connectivity index (χ0v) is 14.1. The molecule has 7 heteroatoms. The zero-order valence-electron chi connectivity index (χ0n) is 14.1. The van der Waals surface area contributed by atoms with Crippen molar-refractivity contribution in [2.45, 2.75) is 19.8 Å². The first kappa shape index (κ1) is 17.0. The molecule has 1 aliphatic heterocycles. The minimum atomic E-state index is -0.864. The summed E-state index contributed by atoms with van der Waals surface area (Å²) in [7, 11) is 0. The molecule has 2 heterocycles. The van der Waals surface area contributed by atoms with Gasteiger partial charge in [-0.3, -0.25) is 9.59 Å². The van der Waals surface area contributed by atoms with E-state index in [9.17, 15) is 14.7 Å². The van der Waals surface area contributed by atoms with Crippen LogP contribution in [0.2, 0.25) is 0 Å². The lowest BCUT2D eigenvalue weighted by Gasteiger charge is -2.30. The number of aromatic nitrogens is 2. The van der Waals surface area contributed by atoms with Gasteiger partial charge in [0.05, 0.1) is 24.4 Å². The number of likely N-dealkylation sites (tertiary alicyclic amines) is 1. The van der Waals surface area contributed by atoms with Crippen LogP contribution in [0.3, 0.4) is 0 Å². The third-order valence-corrected chi connectivity index (χ3v) is 4.26. The summed E-state index contributed by atoms with van der Waals surface area (Å²) in [6.07, 6.45) is 2.95. The minimum Gasteiger partial charge on any atom is -0.490 e. The van der Waals surface area contributed by atoms with E-state index >= 15 is 0 Å². The van der Waals surface area contributed by atoms with Gasteiger partial charge >= 0.3 is 5.97 Å². The first-order chi connectivity index (χ1) is 12.1. The molecule has 1 aliphatic rings. The van der Waals surface area contributed by atoms with E-state index in [0.717, 1.165) is 5.69 Å². The Kier molecular flexibility index (Phi) is 5.02. The molecule has 0 unspecified atom stereocenters. The number of carboxylic acid groups (broad SMARTS) is 1. The summed E-state index contributed by atoms with van der Waals surface area (Å²) in [6.45, 7) is 3.00. The maximum Gasteiger partial charge on any atom is 0.308 e. The lowest BCUT2D eigenvalue weighted by molar-refractivity contribution is -0.143. The number of hydrogen-bond donors (Lipinski definition) is 1. The number of rotatable bonds is 5. The second-order valence-electron chi connectivity index (χ2n) is 5.98. The standard InChI is InChI=1S/C18H21N3O4/c1-2-25-15-12-21(14-8-4-3-5-9-14)19-16(15)17(22)20-10-6-7-13(11-20)18(23)24/h3-5,8-9,12-13H,2,6-7,10-11H2,1H3,(H,23,24)/t13-/m0/s1. The van der Waals surface area contributed by atoms with Crippen molar-refractivity contribution in [1.82, 2.24) is 14.7 Å². The van der Waals surface area contributed by atoms with Crippen LogP contribution in [0.1, 0.15) is 30.3 Å². The molecule has 2 aromatic rings. The number of carbonyl (C=O) groups excluding carboxylic acids is 1. The van der Waals surface area contributed by atoms with Crippen molar-refractivity contribution in [3.63, 3.8) is 0 Å². The summed E-state index contributed by atoms with van der Waals surface area (Å²) >= 11 is 0. The van der Waals surface area contributed by atoms with E-state index in [0.29, 0.717) is 31.7 Å². The smallest absolute Gasteiger partial charge is 0.308 e. The highest BCUT2D eigenvalue weighted by molar-refractivity contribution is 5.95. The topological polar surface area (TPSA) is 84.7 Å². The van der Waals surface area contributed by atoms with Crippen LogP contribution < -0.4 is 4.74 Å². The average Bonchev–Trinajstić information content (AvgIpc) is 3.06. The van der Waals surface area contributed by atoms with Crippen LogP contribution in [0, 0.1) is 5.92 Å². The molecule has 0 bridgehead atoms. The number of piperidine rings is 1. The van der Waals surface area contributed by atoms with Crippen molar-refractivity contribution in [3.05, 3.63) is 42.2 Å². The summed E-state index contributed by atoms with van der Waals surface area (Å²) < 4.78 is 7.19. The number of para-hydroxylation sites is 1. The fourth-order valence-electron chi connectivity index (χ4n) is 2.99. The van der Waals surface area contributed by atoms with Gasteiger partial charge in [-0.2, -0.15) is 5.10 Å². The first-order valence-electron chi connectivity index (χ1n) is 8.40. The van der Waals surface area contributed by atoms with Crippen molar-refractivity contribution >= 4 is 11.9 Å². The minimum absolute atomic E-state index is 0.206. The van der Waals surface area contributed by atoms with Crippen LogP contribution in [0.4, 0.5) is 0 Å². The summed E-state index contributed by atoms with van der Waals surface area (Å²) in [4.78, 5) is 25.7. The molecule has 1 atom stereocenters. The third-order valence-electron chi connectivity index (χ3n) is 4.26. The van der Waals surface area contributed by atoms with Crippen LogP contribution in [-0.2, 0) is 4.79 Å². The lowest BCUT2D eigenvalue weighted by Crippen LogP contribution is -2.42. The molecule has 25 heavy (non-hydrogen) atoms. The van der Waals surface area contributed by atoms with Gasteiger partial charge in [0.25, 0.3) is 5.91 Å². The number of ether oxygens (including phenoxy) is 1. The SMILES string of the molecule is CCOc1cn(-c2ccccc2)nc1C(=O)N1CCC[C@H](C(=O)O)C1. The van der Waals surface area contributed by atoms with Gasteiger partial charge < -0.3 is 14.7 Å². The third kappa shape index (κ3) is 3.65. The highest BCUT2D eigenvalue weighted by Crippen LogP contribution is 2.24. The Morgan fingerprint density at radius 2 is 2.08 bits per heavy atom.